The van der Waals surface area contributed by atoms with Gasteiger partial charge < -0.3 is 15.5 Å². The zero-order valence-electron chi connectivity index (χ0n) is 9.57. The Balaban J connectivity index is 2.11. The smallest absolute Gasteiger partial charge is 0.307 e. The molecule has 0 bridgehead atoms. The number of nitro groups is 1. The molecule has 1 aromatic carbocycles. The first kappa shape index (κ1) is 12.8. The molecule has 8 heteroatoms. The molecule has 1 aliphatic carbocycles. The first-order valence-corrected chi connectivity index (χ1v) is 5.41. The maximum atomic E-state index is 11.7. The van der Waals surface area contributed by atoms with E-state index in [9.17, 15) is 24.8 Å². The van der Waals surface area contributed by atoms with Crippen LogP contribution in [0.1, 0.15) is 6.42 Å². The molecule has 0 spiro atoms. The third kappa shape index (κ3) is 2.62. The molecule has 1 saturated carbocycles. The number of rotatable bonds is 4. The van der Waals surface area contributed by atoms with E-state index in [0.717, 1.165) is 18.2 Å². The van der Waals surface area contributed by atoms with Gasteiger partial charge in [0.2, 0.25) is 5.91 Å². The first-order valence-electron chi connectivity index (χ1n) is 5.41. The van der Waals surface area contributed by atoms with Crippen LogP contribution in [0.15, 0.2) is 18.2 Å². The molecule has 100 valence electrons. The van der Waals surface area contributed by atoms with E-state index in [1.54, 1.807) is 0 Å². The standard InChI is InChI=1S/C11H10N2O6/c14-9-2-1-5(13(18)19)3-8(9)12-10(15)6-4-7(6)11(16)17/h1-3,6-7,14H,4H2,(H,12,15)(H,16,17)/t6-,7+/m1/s1. The molecule has 1 amide bonds. The van der Waals surface area contributed by atoms with E-state index in [2.05, 4.69) is 5.32 Å². The molecule has 0 unspecified atom stereocenters. The number of carboxylic acids is 1. The number of nitro benzene ring substituents is 1. The second-order valence-electron chi connectivity index (χ2n) is 4.23. The Morgan fingerprint density at radius 1 is 1.37 bits per heavy atom. The van der Waals surface area contributed by atoms with Gasteiger partial charge in [-0.1, -0.05) is 0 Å². The molecule has 3 N–H and O–H groups in total. The topological polar surface area (TPSA) is 130 Å². The van der Waals surface area contributed by atoms with Gasteiger partial charge in [-0.15, -0.1) is 0 Å². The van der Waals surface area contributed by atoms with Crippen LogP contribution >= 0.6 is 0 Å². The van der Waals surface area contributed by atoms with Crippen LogP contribution in [0.25, 0.3) is 0 Å². The van der Waals surface area contributed by atoms with Gasteiger partial charge in [-0.25, -0.2) is 0 Å². The molecule has 0 heterocycles. The molecule has 1 aromatic rings. The number of phenols is 1. The van der Waals surface area contributed by atoms with E-state index in [4.69, 9.17) is 5.11 Å². The number of carbonyl (C=O) groups is 2. The molecule has 0 aliphatic heterocycles. The van der Waals surface area contributed by atoms with Gasteiger partial charge in [0.25, 0.3) is 5.69 Å². The number of hydrogen-bond donors (Lipinski definition) is 3. The van der Waals surface area contributed by atoms with Crippen molar-refractivity contribution in [2.45, 2.75) is 6.42 Å². The molecule has 1 fully saturated rings. The summed E-state index contributed by atoms with van der Waals surface area (Å²) in [6.45, 7) is 0. The summed E-state index contributed by atoms with van der Waals surface area (Å²) >= 11 is 0. The van der Waals surface area contributed by atoms with Crippen LogP contribution in [0.2, 0.25) is 0 Å². The average molecular weight is 266 g/mol. The van der Waals surface area contributed by atoms with Crippen molar-refractivity contribution >= 4 is 23.3 Å². The second kappa shape index (κ2) is 4.56. The molecule has 2 rings (SSSR count). The number of carboxylic acid groups (broad SMARTS) is 1. The molecule has 19 heavy (non-hydrogen) atoms. The summed E-state index contributed by atoms with van der Waals surface area (Å²) < 4.78 is 0. The van der Waals surface area contributed by atoms with E-state index in [1.165, 1.54) is 0 Å². The lowest BCUT2D eigenvalue weighted by Crippen LogP contribution is -2.17. The van der Waals surface area contributed by atoms with Crippen molar-refractivity contribution in [1.82, 2.24) is 0 Å². The normalized spacial score (nSPS) is 20.6. The quantitative estimate of drug-likeness (QED) is 0.422. The maximum absolute atomic E-state index is 11.7. The van der Waals surface area contributed by atoms with Crippen LogP contribution < -0.4 is 5.32 Å². The minimum atomic E-state index is -1.05. The van der Waals surface area contributed by atoms with E-state index in [0.29, 0.717) is 0 Å². The highest BCUT2D eigenvalue weighted by Gasteiger charge is 2.48. The lowest BCUT2D eigenvalue weighted by Gasteiger charge is -2.06. The van der Waals surface area contributed by atoms with Crippen LogP contribution in [-0.2, 0) is 9.59 Å². The van der Waals surface area contributed by atoms with Gasteiger partial charge in [0.15, 0.2) is 0 Å². The van der Waals surface area contributed by atoms with E-state index < -0.39 is 28.6 Å². The Kier molecular flexibility index (Phi) is 3.07. The summed E-state index contributed by atoms with van der Waals surface area (Å²) in [5.41, 5.74) is -0.381. The predicted octanol–water partition coefficient (Wildman–Crippen LogP) is 0.960. The molecule has 0 aromatic heterocycles. The fraction of sp³-hybridized carbons (Fsp3) is 0.273. The molecule has 8 nitrogen and oxygen atoms in total. The minimum Gasteiger partial charge on any atom is -0.506 e. The Morgan fingerprint density at radius 3 is 2.58 bits per heavy atom. The number of anilines is 1. The van der Waals surface area contributed by atoms with Crippen molar-refractivity contribution in [2.24, 2.45) is 11.8 Å². The number of aromatic hydroxyl groups is 1. The summed E-state index contributed by atoms with van der Waals surface area (Å²) in [7, 11) is 0. The average Bonchev–Trinajstić information content (AvgIpc) is 3.11. The summed E-state index contributed by atoms with van der Waals surface area (Å²) in [5.74, 6) is -3.31. The molecule has 1 aliphatic rings. The fourth-order valence-electron chi connectivity index (χ4n) is 1.72. The third-order valence-electron chi connectivity index (χ3n) is 2.89. The Bertz CT molecular complexity index is 570. The Labute approximate surface area is 106 Å². The summed E-state index contributed by atoms with van der Waals surface area (Å²) in [6, 6.07) is 3.21. The largest absolute Gasteiger partial charge is 0.506 e. The molecular formula is C11H10N2O6. The van der Waals surface area contributed by atoms with Gasteiger partial charge in [-0.3, -0.25) is 19.7 Å². The van der Waals surface area contributed by atoms with Gasteiger partial charge in [0, 0.05) is 12.1 Å². The van der Waals surface area contributed by atoms with Gasteiger partial charge in [0.1, 0.15) is 5.75 Å². The van der Waals surface area contributed by atoms with E-state index in [1.807, 2.05) is 0 Å². The number of benzene rings is 1. The number of nitrogens with one attached hydrogen (secondary N) is 1. The number of amides is 1. The lowest BCUT2D eigenvalue weighted by molar-refractivity contribution is -0.384. The number of carbonyl (C=O) groups excluding carboxylic acids is 1. The molecule has 2 atom stereocenters. The number of nitrogens with zero attached hydrogens (tertiary/aromatic N) is 1. The zero-order chi connectivity index (χ0) is 14.2. The highest BCUT2D eigenvalue weighted by molar-refractivity contribution is 5.99. The summed E-state index contributed by atoms with van der Waals surface area (Å²) in [6.07, 6.45) is 0.233. The number of hydrogen-bond acceptors (Lipinski definition) is 5. The fourth-order valence-corrected chi connectivity index (χ4v) is 1.72. The Hall–Kier alpha value is -2.64. The number of phenolic OH excluding ortho intramolecular Hbond substituents is 1. The van der Waals surface area contributed by atoms with Crippen LogP contribution in [0.5, 0.6) is 5.75 Å². The van der Waals surface area contributed by atoms with Crippen LogP contribution in [0, 0.1) is 22.0 Å². The highest BCUT2D eigenvalue weighted by Crippen LogP contribution is 2.40. The van der Waals surface area contributed by atoms with Crippen molar-refractivity contribution < 1.29 is 24.7 Å². The van der Waals surface area contributed by atoms with Crippen LogP contribution in [0.4, 0.5) is 11.4 Å². The van der Waals surface area contributed by atoms with Crippen molar-refractivity contribution in [3.05, 3.63) is 28.3 Å². The van der Waals surface area contributed by atoms with Gasteiger partial charge >= 0.3 is 5.97 Å². The van der Waals surface area contributed by atoms with Crippen LogP contribution in [0.3, 0.4) is 0 Å². The van der Waals surface area contributed by atoms with Gasteiger partial charge in [0.05, 0.1) is 22.4 Å². The highest BCUT2D eigenvalue weighted by atomic mass is 16.6. The Morgan fingerprint density at radius 2 is 2.05 bits per heavy atom. The third-order valence-corrected chi connectivity index (χ3v) is 2.89. The van der Waals surface area contributed by atoms with E-state index >= 15 is 0 Å². The summed E-state index contributed by atoms with van der Waals surface area (Å²) in [5, 5.41) is 31.0. The van der Waals surface area contributed by atoms with Crippen molar-refractivity contribution in [2.75, 3.05) is 5.32 Å². The lowest BCUT2D eigenvalue weighted by atomic mass is 10.2. The SMILES string of the molecule is O=C(O)[C@H]1C[C@H]1C(=O)Nc1cc([N+](=O)[O-])ccc1O. The van der Waals surface area contributed by atoms with E-state index in [-0.39, 0.29) is 23.5 Å². The van der Waals surface area contributed by atoms with Crippen molar-refractivity contribution in [1.29, 1.82) is 0 Å². The number of non-ortho nitro benzene ring substituents is 1. The van der Waals surface area contributed by atoms with Crippen molar-refractivity contribution in [3.8, 4) is 5.75 Å². The summed E-state index contributed by atoms with van der Waals surface area (Å²) in [4.78, 5) is 32.2. The zero-order valence-corrected chi connectivity index (χ0v) is 9.57. The van der Waals surface area contributed by atoms with Crippen LogP contribution in [-0.4, -0.2) is 27.0 Å². The molecular weight excluding hydrogens is 256 g/mol. The van der Waals surface area contributed by atoms with Gasteiger partial charge in [-0.05, 0) is 12.5 Å². The number of aliphatic carboxylic acids is 1. The van der Waals surface area contributed by atoms with Crippen molar-refractivity contribution in [3.63, 3.8) is 0 Å². The molecule has 0 radical (unpaired) electrons. The predicted molar refractivity (Wildman–Crippen MR) is 62.6 cm³/mol. The maximum Gasteiger partial charge on any atom is 0.307 e. The monoisotopic (exact) mass is 266 g/mol. The molecule has 0 saturated heterocycles. The first-order chi connectivity index (χ1) is 8.90. The second-order valence-corrected chi connectivity index (χ2v) is 4.23. The minimum absolute atomic E-state index is 0.102. The van der Waals surface area contributed by atoms with Gasteiger partial charge in [-0.2, -0.15) is 0 Å².